The summed E-state index contributed by atoms with van der Waals surface area (Å²) in [5, 5.41) is 12.9. The number of unbranched alkanes of at least 4 members (excludes halogenated alkanes) is 1. The molecule has 16 heavy (non-hydrogen) atoms. The fourth-order valence-corrected chi connectivity index (χ4v) is 1.88. The Bertz CT molecular complexity index is 342. The zero-order valence-corrected chi connectivity index (χ0v) is 11.3. The smallest absolute Gasteiger partial charge is 0.160 e. The number of halogens is 1. The number of rotatable bonds is 6. The first-order chi connectivity index (χ1) is 7.69. The third-order valence-corrected chi connectivity index (χ3v) is 3.11. The molecule has 1 rings (SSSR count). The van der Waals surface area contributed by atoms with E-state index < -0.39 is 0 Å². The predicted octanol–water partition coefficient (Wildman–Crippen LogP) is 3.05. The lowest BCUT2D eigenvalue weighted by molar-refractivity contribution is 0.372. The average molecular weight is 288 g/mol. The van der Waals surface area contributed by atoms with Crippen LogP contribution in [0.4, 0.5) is 0 Å². The predicted molar refractivity (Wildman–Crippen MR) is 69.0 cm³/mol. The highest BCUT2D eigenvalue weighted by Gasteiger charge is 2.07. The summed E-state index contributed by atoms with van der Waals surface area (Å²) in [5.74, 6) is 0.669. The van der Waals surface area contributed by atoms with Crippen LogP contribution in [0.2, 0.25) is 0 Å². The average Bonchev–Trinajstić information content (AvgIpc) is 2.27. The highest BCUT2D eigenvalue weighted by atomic mass is 79.9. The second-order valence-electron chi connectivity index (χ2n) is 3.65. The molecule has 0 aliphatic rings. The fourth-order valence-electron chi connectivity index (χ4n) is 1.41. The minimum Gasteiger partial charge on any atom is -0.504 e. The summed E-state index contributed by atoms with van der Waals surface area (Å²) in [5.41, 5.74) is 1.09. The number of phenols is 1. The van der Waals surface area contributed by atoms with Crippen molar-refractivity contribution in [3.8, 4) is 11.5 Å². The van der Waals surface area contributed by atoms with Gasteiger partial charge in [-0.05, 0) is 30.7 Å². The van der Waals surface area contributed by atoms with Gasteiger partial charge in [-0.3, -0.25) is 0 Å². The monoisotopic (exact) mass is 287 g/mol. The molecule has 0 aliphatic heterocycles. The van der Waals surface area contributed by atoms with E-state index in [4.69, 9.17) is 4.74 Å². The van der Waals surface area contributed by atoms with Gasteiger partial charge in [0.1, 0.15) is 0 Å². The number of ether oxygens (including phenoxy) is 1. The summed E-state index contributed by atoms with van der Waals surface area (Å²) >= 11 is 3.42. The maximum Gasteiger partial charge on any atom is 0.160 e. The van der Waals surface area contributed by atoms with Crippen molar-refractivity contribution in [2.75, 3.05) is 13.7 Å². The molecule has 1 aromatic rings. The summed E-state index contributed by atoms with van der Waals surface area (Å²) in [4.78, 5) is 0. The van der Waals surface area contributed by atoms with E-state index in [1.807, 2.05) is 6.07 Å². The molecule has 3 nitrogen and oxygen atoms in total. The molecule has 0 radical (unpaired) electrons. The molecule has 0 amide bonds. The maximum absolute atomic E-state index is 9.55. The molecule has 0 spiro atoms. The second kappa shape index (κ2) is 6.76. The van der Waals surface area contributed by atoms with Crippen LogP contribution in [0.1, 0.15) is 25.3 Å². The minimum atomic E-state index is 0.159. The molecule has 2 N–H and O–H groups in total. The lowest BCUT2D eigenvalue weighted by atomic mass is 10.2. The molecule has 0 heterocycles. The van der Waals surface area contributed by atoms with Gasteiger partial charge in [0.15, 0.2) is 11.5 Å². The highest BCUT2D eigenvalue weighted by molar-refractivity contribution is 9.10. The Morgan fingerprint density at radius 3 is 2.81 bits per heavy atom. The molecule has 0 aromatic heterocycles. The van der Waals surface area contributed by atoms with E-state index in [1.165, 1.54) is 12.8 Å². The van der Waals surface area contributed by atoms with Crippen molar-refractivity contribution in [2.45, 2.75) is 26.3 Å². The van der Waals surface area contributed by atoms with E-state index in [0.29, 0.717) is 5.75 Å². The molecule has 0 bridgehead atoms. The van der Waals surface area contributed by atoms with E-state index in [9.17, 15) is 5.11 Å². The molecular weight excluding hydrogens is 270 g/mol. The molecule has 0 saturated heterocycles. The number of benzene rings is 1. The van der Waals surface area contributed by atoms with Crippen LogP contribution in [-0.4, -0.2) is 18.8 Å². The first-order valence-electron chi connectivity index (χ1n) is 5.45. The van der Waals surface area contributed by atoms with Crippen molar-refractivity contribution >= 4 is 15.9 Å². The van der Waals surface area contributed by atoms with Crippen molar-refractivity contribution < 1.29 is 9.84 Å². The van der Waals surface area contributed by atoms with Crippen molar-refractivity contribution in [3.05, 3.63) is 22.2 Å². The third kappa shape index (κ3) is 3.68. The van der Waals surface area contributed by atoms with Crippen molar-refractivity contribution in [1.29, 1.82) is 0 Å². The second-order valence-corrected chi connectivity index (χ2v) is 4.50. The summed E-state index contributed by atoms with van der Waals surface area (Å²) in [6.45, 7) is 3.95. The summed E-state index contributed by atoms with van der Waals surface area (Å²) < 4.78 is 5.97. The van der Waals surface area contributed by atoms with Crippen molar-refractivity contribution in [2.24, 2.45) is 0 Å². The lowest BCUT2D eigenvalue weighted by Gasteiger charge is -2.10. The van der Waals surface area contributed by atoms with Gasteiger partial charge >= 0.3 is 0 Å². The first-order valence-corrected chi connectivity index (χ1v) is 6.24. The SMILES string of the molecule is CCCCNCc1cc(OC)c(O)cc1Br. The molecule has 0 aliphatic carbocycles. The Balaban J connectivity index is 2.64. The van der Waals surface area contributed by atoms with E-state index in [2.05, 4.69) is 28.2 Å². The Morgan fingerprint density at radius 1 is 1.44 bits per heavy atom. The summed E-state index contributed by atoms with van der Waals surface area (Å²) in [6.07, 6.45) is 2.36. The highest BCUT2D eigenvalue weighted by Crippen LogP contribution is 2.32. The Kier molecular flexibility index (Phi) is 5.63. The van der Waals surface area contributed by atoms with E-state index >= 15 is 0 Å². The van der Waals surface area contributed by atoms with E-state index in [0.717, 1.165) is 23.1 Å². The molecule has 0 fully saturated rings. The number of hydrogen-bond donors (Lipinski definition) is 2. The Hall–Kier alpha value is -0.740. The maximum atomic E-state index is 9.55. The van der Waals surface area contributed by atoms with Crippen molar-refractivity contribution in [3.63, 3.8) is 0 Å². The quantitative estimate of drug-likeness (QED) is 0.790. The molecular formula is C12H18BrNO2. The Labute approximate surface area is 105 Å². The molecule has 0 unspecified atom stereocenters. The van der Waals surface area contributed by atoms with Crippen LogP contribution in [0.5, 0.6) is 11.5 Å². The van der Waals surface area contributed by atoms with Gasteiger partial charge in [-0.15, -0.1) is 0 Å². The minimum absolute atomic E-state index is 0.159. The summed E-state index contributed by atoms with van der Waals surface area (Å²) in [7, 11) is 1.55. The van der Waals surface area contributed by atoms with Crippen LogP contribution >= 0.6 is 15.9 Å². The van der Waals surface area contributed by atoms with Crippen molar-refractivity contribution in [1.82, 2.24) is 5.32 Å². The zero-order valence-electron chi connectivity index (χ0n) is 9.72. The molecule has 4 heteroatoms. The number of aromatic hydroxyl groups is 1. The topological polar surface area (TPSA) is 41.5 Å². The van der Waals surface area contributed by atoms with Gasteiger partial charge in [0.25, 0.3) is 0 Å². The summed E-state index contributed by atoms with van der Waals surface area (Å²) in [6, 6.07) is 3.51. The van der Waals surface area contributed by atoms with Crippen LogP contribution in [0.15, 0.2) is 16.6 Å². The molecule has 1 aromatic carbocycles. The standard InChI is InChI=1S/C12H18BrNO2/c1-3-4-5-14-8-9-6-12(16-2)11(15)7-10(9)13/h6-7,14-15H,3-5,8H2,1-2H3. The zero-order chi connectivity index (χ0) is 12.0. The van der Waals surface area contributed by atoms with Crippen LogP contribution in [-0.2, 0) is 6.54 Å². The molecule has 90 valence electrons. The number of nitrogens with one attached hydrogen (secondary N) is 1. The van der Waals surface area contributed by atoms with Gasteiger partial charge in [-0.2, -0.15) is 0 Å². The number of methoxy groups -OCH3 is 1. The van der Waals surface area contributed by atoms with Gasteiger partial charge in [0, 0.05) is 11.0 Å². The van der Waals surface area contributed by atoms with E-state index in [1.54, 1.807) is 13.2 Å². The van der Waals surface area contributed by atoms with Gasteiger partial charge < -0.3 is 15.2 Å². The number of hydrogen-bond acceptors (Lipinski definition) is 3. The molecule has 0 saturated carbocycles. The van der Waals surface area contributed by atoms with Gasteiger partial charge in [-0.25, -0.2) is 0 Å². The van der Waals surface area contributed by atoms with Crippen LogP contribution in [0.25, 0.3) is 0 Å². The van der Waals surface area contributed by atoms with Crippen LogP contribution in [0.3, 0.4) is 0 Å². The van der Waals surface area contributed by atoms with E-state index in [-0.39, 0.29) is 5.75 Å². The van der Waals surface area contributed by atoms with Gasteiger partial charge in [0.05, 0.1) is 7.11 Å². The third-order valence-electron chi connectivity index (χ3n) is 2.37. The van der Waals surface area contributed by atoms with Crippen LogP contribution < -0.4 is 10.1 Å². The van der Waals surface area contributed by atoms with Crippen LogP contribution in [0, 0.1) is 0 Å². The fraction of sp³-hybridized carbons (Fsp3) is 0.500. The lowest BCUT2D eigenvalue weighted by Crippen LogP contribution is -2.14. The van der Waals surface area contributed by atoms with Gasteiger partial charge in [-0.1, -0.05) is 29.3 Å². The molecule has 0 atom stereocenters. The first kappa shape index (κ1) is 13.3. The largest absolute Gasteiger partial charge is 0.504 e. The number of phenolic OH excluding ortho intramolecular Hbond substituents is 1. The normalized spacial score (nSPS) is 10.4. The Morgan fingerprint density at radius 2 is 2.19 bits per heavy atom. The van der Waals surface area contributed by atoms with Gasteiger partial charge in [0.2, 0.25) is 0 Å².